The van der Waals surface area contributed by atoms with Crippen molar-refractivity contribution in [2.24, 2.45) is 0 Å². The minimum Gasteiger partial charge on any atom is -0.480 e. The Balaban J connectivity index is 1.76. The number of thiophene rings is 1. The fraction of sp³-hybridized carbons (Fsp3) is 0.0800. The highest BCUT2D eigenvalue weighted by molar-refractivity contribution is 7.07. The molecule has 7 heteroatoms. The molecule has 1 amide bonds. The number of carboxylic acids is 1. The molecule has 0 saturated heterocycles. The van der Waals surface area contributed by atoms with Crippen molar-refractivity contribution in [2.45, 2.75) is 13.1 Å². The standard InChI is InChI=1S/C25H19N3O3S/c26-13-19(12-20-15-27(16-24(29)30)23-9-5-4-8-22(20)23)25(31)28(14-18-10-11-32-17-18)21-6-2-1-3-7-21/h1-12,15,17H,14,16H2,(H,29,30)/b19-12+. The van der Waals surface area contributed by atoms with Crippen LogP contribution in [0, 0.1) is 11.3 Å². The van der Waals surface area contributed by atoms with E-state index < -0.39 is 11.9 Å². The van der Waals surface area contributed by atoms with Crippen molar-refractivity contribution in [3.05, 3.63) is 94.3 Å². The smallest absolute Gasteiger partial charge is 0.323 e. The summed E-state index contributed by atoms with van der Waals surface area (Å²) in [6, 6.07) is 20.5. The third-order valence-corrected chi connectivity index (χ3v) is 5.74. The van der Waals surface area contributed by atoms with E-state index >= 15 is 0 Å². The molecule has 2 aromatic carbocycles. The number of aliphatic carboxylic acids is 1. The number of carboxylic acid groups (broad SMARTS) is 1. The number of amides is 1. The van der Waals surface area contributed by atoms with Crippen molar-refractivity contribution < 1.29 is 14.7 Å². The Morgan fingerprint density at radius 2 is 1.84 bits per heavy atom. The minimum atomic E-state index is -0.969. The first-order chi connectivity index (χ1) is 15.6. The number of nitriles is 1. The molecule has 0 unspecified atom stereocenters. The normalized spacial score (nSPS) is 11.3. The first-order valence-electron chi connectivity index (χ1n) is 9.86. The monoisotopic (exact) mass is 441 g/mol. The zero-order chi connectivity index (χ0) is 22.5. The molecule has 0 fully saturated rings. The van der Waals surface area contributed by atoms with Gasteiger partial charge in [-0.3, -0.25) is 9.59 Å². The van der Waals surface area contributed by atoms with Crippen molar-refractivity contribution in [3.63, 3.8) is 0 Å². The van der Waals surface area contributed by atoms with Crippen LogP contribution in [0.4, 0.5) is 5.69 Å². The number of fused-ring (bicyclic) bond motifs is 1. The summed E-state index contributed by atoms with van der Waals surface area (Å²) in [5.74, 6) is -1.39. The van der Waals surface area contributed by atoms with Crippen LogP contribution < -0.4 is 4.90 Å². The summed E-state index contributed by atoms with van der Waals surface area (Å²) in [5.41, 5.74) is 2.99. The second-order valence-electron chi connectivity index (χ2n) is 7.15. The van der Waals surface area contributed by atoms with E-state index in [-0.39, 0.29) is 12.1 Å². The van der Waals surface area contributed by atoms with Gasteiger partial charge < -0.3 is 14.6 Å². The molecule has 0 aliphatic heterocycles. The van der Waals surface area contributed by atoms with Crippen molar-refractivity contribution in [2.75, 3.05) is 4.90 Å². The van der Waals surface area contributed by atoms with Gasteiger partial charge in [-0.2, -0.15) is 16.6 Å². The molecule has 0 aliphatic carbocycles. The quantitative estimate of drug-likeness (QED) is 0.326. The van der Waals surface area contributed by atoms with Gasteiger partial charge in [-0.1, -0.05) is 36.4 Å². The van der Waals surface area contributed by atoms with Gasteiger partial charge in [0, 0.05) is 28.4 Å². The van der Waals surface area contributed by atoms with Crippen LogP contribution in [0.1, 0.15) is 11.1 Å². The average molecular weight is 442 g/mol. The van der Waals surface area contributed by atoms with Gasteiger partial charge in [0.2, 0.25) is 0 Å². The molecular weight excluding hydrogens is 422 g/mol. The number of anilines is 1. The van der Waals surface area contributed by atoms with Crippen molar-refractivity contribution in [3.8, 4) is 6.07 Å². The number of aromatic nitrogens is 1. The molecule has 158 valence electrons. The third kappa shape index (κ3) is 4.46. The predicted octanol–water partition coefficient (Wildman–Crippen LogP) is 4.93. The highest BCUT2D eigenvalue weighted by atomic mass is 32.1. The number of hydrogen-bond acceptors (Lipinski definition) is 4. The lowest BCUT2D eigenvalue weighted by atomic mass is 10.1. The summed E-state index contributed by atoms with van der Waals surface area (Å²) in [5, 5.41) is 23.8. The maximum absolute atomic E-state index is 13.5. The number of nitrogens with zero attached hydrogens (tertiary/aromatic N) is 3. The van der Waals surface area contributed by atoms with Crippen LogP contribution >= 0.6 is 11.3 Å². The lowest BCUT2D eigenvalue weighted by Crippen LogP contribution is -2.31. The van der Waals surface area contributed by atoms with Crippen molar-refractivity contribution >= 4 is 45.9 Å². The van der Waals surface area contributed by atoms with Gasteiger partial charge in [0.1, 0.15) is 18.2 Å². The second kappa shape index (κ2) is 9.33. The van der Waals surface area contributed by atoms with E-state index in [9.17, 15) is 20.0 Å². The lowest BCUT2D eigenvalue weighted by molar-refractivity contribution is -0.137. The van der Waals surface area contributed by atoms with E-state index in [1.807, 2.05) is 77.5 Å². The largest absolute Gasteiger partial charge is 0.480 e. The van der Waals surface area contributed by atoms with E-state index in [0.29, 0.717) is 17.8 Å². The van der Waals surface area contributed by atoms with Crippen LogP contribution in [0.3, 0.4) is 0 Å². The molecule has 2 aromatic heterocycles. The molecule has 0 radical (unpaired) electrons. The molecule has 32 heavy (non-hydrogen) atoms. The fourth-order valence-electron chi connectivity index (χ4n) is 3.56. The summed E-state index contributed by atoms with van der Waals surface area (Å²) >= 11 is 1.55. The van der Waals surface area contributed by atoms with Gasteiger partial charge in [-0.15, -0.1) is 0 Å². The van der Waals surface area contributed by atoms with Crippen molar-refractivity contribution in [1.82, 2.24) is 4.57 Å². The second-order valence-corrected chi connectivity index (χ2v) is 7.93. The summed E-state index contributed by atoms with van der Waals surface area (Å²) in [6.07, 6.45) is 3.20. The highest BCUT2D eigenvalue weighted by Crippen LogP contribution is 2.26. The summed E-state index contributed by atoms with van der Waals surface area (Å²) in [4.78, 5) is 26.3. The molecule has 6 nitrogen and oxygen atoms in total. The van der Waals surface area contributed by atoms with E-state index in [0.717, 1.165) is 16.5 Å². The fourth-order valence-corrected chi connectivity index (χ4v) is 4.22. The molecule has 4 aromatic rings. The zero-order valence-corrected chi connectivity index (χ0v) is 17.8. The Morgan fingerprint density at radius 3 is 2.53 bits per heavy atom. The summed E-state index contributed by atoms with van der Waals surface area (Å²) in [6.45, 7) is 0.130. The molecule has 0 aliphatic rings. The molecule has 0 spiro atoms. The Kier molecular flexibility index (Phi) is 6.15. The Bertz CT molecular complexity index is 1330. The molecule has 1 N–H and O–H groups in total. The molecular formula is C25H19N3O3S. The van der Waals surface area contributed by atoms with Gasteiger partial charge in [0.15, 0.2) is 0 Å². The molecule has 0 saturated carbocycles. The van der Waals surface area contributed by atoms with E-state index in [1.54, 1.807) is 27.0 Å². The Labute approximate surface area is 188 Å². The SMILES string of the molecule is N#C/C(=C\c1cn(CC(=O)O)c2ccccc12)C(=O)N(Cc1ccsc1)c1ccccc1. The zero-order valence-electron chi connectivity index (χ0n) is 17.0. The summed E-state index contributed by atoms with van der Waals surface area (Å²) in [7, 11) is 0. The summed E-state index contributed by atoms with van der Waals surface area (Å²) < 4.78 is 1.60. The number of rotatable bonds is 7. The number of para-hydroxylation sites is 2. The third-order valence-electron chi connectivity index (χ3n) is 5.01. The van der Waals surface area contributed by atoms with Gasteiger partial charge in [-0.05, 0) is 46.7 Å². The maximum Gasteiger partial charge on any atom is 0.323 e. The van der Waals surface area contributed by atoms with Crippen LogP contribution in [0.5, 0.6) is 0 Å². The predicted molar refractivity (Wildman–Crippen MR) is 125 cm³/mol. The lowest BCUT2D eigenvalue weighted by Gasteiger charge is -2.22. The van der Waals surface area contributed by atoms with Gasteiger partial charge in [-0.25, -0.2) is 0 Å². The molecule has 0 bridgehead atoms. The van der Waals surface area contributed by atoms with Gasteiger partial charge in [0.05, 0.1) is 6.54 Å². The Morgan fingerprint density at radius 1 is 1.09 bits per heavy atom. The molecule has 2 heterocycles. The van der Waals surface area contributed by atoms with E-state index in [1.165, 1.54) is 6.08 Å². The topological polar surface area (TPSA) is 86.3 Å². The first kappa shape index (κ1) is 21.1. The average Bonchev–Trinajstić information content (AvgIpc) is 3.44. The maximum atomic E-state index is 13.5. The van der Waals surface area contributed by atoms with Crippen LogP contribution in [-0.2, 0) is 22.7 Å². The number of carbonyl (C=O) groups is 2. The minimum absolute atomic E-state index is 0.0256. The molecule has 0 atom stereocenters. The number of carbonyl (C=O) groups excluding carboxylic acids is 1. The Hall–Kier alpha value is -4.15. The van der Waals surface area contributed by atoms with E-state index in [2.05, 4.69) is 0 Å². The van der Waals surface area contributed by atoms with Gasteiger partial charge >= 0.3 is 5.97 Å². The molecule has 4 rings (SSSR count). The van der Waals surface area contributed by atoms with Crippen molar-refractivity contribution in [1.29, 1.82) is 5.26 Å². The number of hydrogen-bond donors (Lipinski definition) is 1. The first-order valence-corrected chi connectivity index (χ1v) is 10.8. The van der Waals surface area contributed by atoms with Crippen LogP contribution in [-0.4, -0.2) is 21.6 Å². The van der Waals surface area contributed by atoms with E-state index in [4.69, 9.17) is 0 Å². The highest BCUT2D eigenvalue weighted by Gasteiger charge is 2.21. The van der Waals surface area contributed by atoms with Crippen LogP contribution in [0.25, 0.3) is 17.0 Å². The van der Waals surface area contributed by atoms with Crippen LogP contribution in [0.2, 0.25) is 0 Å². The van der Waals surface area contributed by atoms with Crippen LogP contribution in [0.15, 0.2) is 83.2 Å². The van der Waals surface area contributed by atoms with Gasteiger partial charge in [0.25, 0.3) is 5.91 Å². The number of benzene rings is 2.